The summed E-state index contributed by atoms with van der Waals surface area (Å²) >= 11 is 1.59. The third-order valence-electron chi connectivity index (χ3n) is 3.40. The van der Waals surface area contributed by atoms with E-state index in [4.69, 9.17) is 0 Å². The van der Waals surface area contributed by atoms with Gasteiger partial charge in [0.1, 0.15) is 11.6 Å². The molecule has 0 aromatic carbocycles. The van der Waals surface area contributed by atoms with E-state index in [1.165, 1.54) is 32.1 Å². The second kappa shape index (κ2) is 7.58. The highest BCUT2D eigenvalue weighted by atomic mass is 32.2. The number of rotatable bonds is 6. The fraction of sp³-hybridized carbons (Fsp3) is 0.714. The van der Waals surface area contributed by atoms with E-state index in [1.54, 1.807) is 11.8 Å². The van der Waals surface area contributed by atoms with Gasteiger partial charge in [0, 0.05) is 18.7 Å². The van der Waals surface area contributed by atoms with E-state index < -0.39 is 0 Å². The van der Waals surface area contributed by atoms with Crippen LogP contribution in [0.2, 0.25) is 0 Å². The van der Waals surface area contributed by atoms with Crippen LogP contribution in [0.3, 0.4) is 0 Å². The maximum atomic E-state index is 4.55. The third kappa shape index (κ3) is 4.56. The van der Waals surface area contributed by atoms with Gasteiger partial charge in [0.05, 0.1) is 0 Å². The van der Waals surface area contributed by atoms with Gasteiger partial charge < -0.3 is 10.6 Å². The predicted octanol–water partition coefficient (Wildman–Crippen LogP) is 3.77. The molecule has 1 aliphatic rings. The lowest BCUT2D eigenvalue weighted by molar-refractivity contribution is 0.461. The van der Waals surface area contributed by atoms with Gasteiger partial charge in [-0.2, -0.15) is 0 Å². The summed E-state index contributed by atoms with van der Waals surface area (Å²) in [5.41, 5.74) is 0. The first kappa shape index (κ1) is 14.4. The number of hydrogen-bond acceptors (Lipinski definition) is 5. The minimum Gasteiger partial charge on any atom is -0.370 e. The molecule has 0 aliphatic heterocycles. The van der Waals surface area contributed by atoms with Gasteiger partial charge in [0.15, 0.2) is 5.16 Å². The van der Waals surface area contributed by atoms with E-state index in [0.29, 0.717) is 6.04 Å². The fourth-order valence-corrected chi connectivity index (χ4v) is 2.77. The number of thioether (sulfide) groups is 1. The molecule has 0 saturated heterocycles. The van der Waals surface area contributed by atoms with E-state index in [1.807, 2.05) is 12.3 Å². The Morgan fingerprint density at radius 3 is 2.63 bits per heavy atom. The molecule has 0 unspecified atom stereocenters. The lowest BCUT2D eigenvalue weighted by Gasteiger charge is -2.23. The first-order chi connectivity index (χ1) is 9.31. The molecule has 1 fully saturated rings. The second-order valence-electron chi connectivity index (χ2n) is 5.03. The summed E-state index contributed by atoms with van der Waals surface area (Å²) in [5, 5.41) is 7.74. The Balaban J connectivity index is 2.04. The van der Waals surface area contributed by atoms with Crippen molar-refractivity contribution in [1.82, 2.24) is 9.97 Å². The van der Waals surface area contributed by atoms with Crippen LogP contribution in [0.15, 0.2) is 11.2 Å². The molecule has 0 spiro atoms. The van der Waals surface area contributed by atoms with Crippen molar-refractivity contribution in [2.45, 2.75) is 56.6 Å². The topological polar surface area (TPSA) is 49.8 Å². The van der Waals surface area contributed by atoms with Gasteiger partial charge in [-0.3, -0.25) is 0 Å². The third-order valence-corrected chi connectivity index (χ3v) is 3.95. The summed E-state index contributed by atoms with van der Waals surface area (Å²) in [7, 11) is 0. The van der Waals surface area contributed by atoms with Gasteiger partial charge in [-0.15, -0.1) is 0 Å². The van der Waals surface area contributed by atoms with Crippen molar-refractivity contribution in [1.29, 1.82) is 0 Å². The van der Waals surface area contributed by atoms with Gasteiger partial charge in [0.25, 0.3) is 0 Å². The molecule has 1 aromatic rings. The van der Waals surface area contributed by atoms with Crippen LogP contribution in [0, 0.1) is 0 Å². The Kier molecular flexibility index (Phi) is 5.76. The van der Waals surface area contributed by atoms with Crippen LogP contribution in [0.4, 0.5) is 11.6 Å². The number of aromatic nitrogens is 2. The summed E-state index contributed by atoms with van der Waals surface area (Å²) < 4.78 is 0. The smallest absolute Gasteiger partial charge is 0.191 e. The maximum Gasteiger partial charge on any atom is 0.191 e. The molecule has 5 heteroatoms. The number of nitrogens with one attached hydrogen (secondary N) is 2. The Morgan fingerprint density at radius 2 is 1.95 bits per heavy atom. The average Bonchev–Trinajstić information content (AvgIpc) is 2.46. The first-order valence-corrected chi connectivity index (χ1v) is 8.47. The largest absolute Gasteiger partial charge is 0.370 e. The molecule has 106 valence electrons. The summed E-state index contributed by atoms with van der Waals surface area (Å²) in [6.07, 6.45) is 9.68. The SMILES string of the molecule is CCCNc1cc(NC2CCCCC2)nc(SC)n1. The van der Waals surface area contributed by atoms with Crippen LogP contribution >= 0.6 is 11.8 Å². The molecule has 0 bridgehead atoms. The molecule has 4 nitrogen and oxygen atoms in total. The van der Waals surface area contributed by atoms with Crippen LogP contribution in [-0.4, -0.2) is 28.8 Å². The molecule has 1 aliphatic carbocycles. The van der Waals surface area contributed by atoms with Gasteiger partial charge >= 0.3 is 0 Å². The molecule has 1 heterocycles. The minimum absolute atomic E-state index is 0.581. The van der Waals surface area contributed by atoms with Crippen LogP contribution in [0.5, 0.6) is 0 Å². The fourth-order valence-electron chi connectivity index (χ4n) is 2.39. The predicted molar refractivity (Wildman–Crippen MR) is 83.1 cm³/mol. The minimum atomic E-state index is 0.581. The zero-order chi connectivity index (χ0) is 13.5. The maximum absolute atomic E-state index is 4.55. The Hall–Kier alpha value is -0.970. The number of hydrogen-bond donors (Lipinski definition) is 2. The second-order valence-corrected chi connectivity index (χ2v) is 5.80. The van der Waals surface area contributed by atoms with E-state index >= 15 is 0 Å². The van der Waals surface area contributed by atoms with Gasteiger partial charge in [-0.25, -0.2) is 9.97 Å². The normalized spacial score (nSPS) is 16.3. The van der Waals surface area contributed by atoms with E-state index in [9.17, 15) is 0 Å². The summed E-state index contributed by atoms with van der Waals surface area (Å²) in [6, 6.07) is 2.61. The molecule has 1 aromatic heterocycles. The highest BCUT2D eigenvalue weighted by Gasteiger charge is 2.14. The quantitative estimate of drug-likeness (QED) is 0.613. The van der Waals surface area contributed by atoms with Crippen LogP contribution in [0.1, 0.15) is 45.4 Å². The molecule has 0 amide bonds. The number of anilines is 2. The standard InChI is InChI=1S/C14H24N4S/c1-3-9-15-12-10-13(18-14(17-12)19-2)16-11-7-5-4-6-8-11/h10-11H,3-9H2,1-2H3,(H2,15,16,17,18). The number of nitrogens with zero attached hydrogens (tertiary/aromatic N) is 2. The van der Waals surface area contributed by atoms with Gasteiger partial charge in [-0.05, 0) is 25.5 Å². The molecule has 1 saturated carbocycles. The lowest BCUT2D eigenvalue weighted by atomic mass is 9.95. The first-order valence-electron chi connectivity index (χ1n) is 7.25. The zero-order valence-electron chi connectivity index (χ0n) is 11.9. The molecule has 19 heavy (non-hydrogen) atoms. The van der Waals surface area contributed by atoms with Gasteiger partial charge in [0.2, 0.25) is 0 Å². The van der Waals surface area contributed by atoms with E-state index in [-0.39, 0.29) is 0 Å². The summed E-state index contributed by atoms with van der Waals surface area (Å²) in [6.45, 7) is 3.11. The molecule has 2 rings (SSSR count). The monoisotopic (exact) mass is 280 g/mol. The average molecular weight is 280 g/mol. The Morgan fingerprint density at radius 1 is 1.21 bits per heavy atom. The molecular weight excluding hydrogens is 256 g/mol. The molecular formula is C14H24N4S. The van der Waals surface area contributed by atoms with Crippen molar-refractivity contribution < 1.29 is 0 Å². The van der Waals surface area contributed by atoms with Crippen molar-refractivity contribution in [2.24, 2.45) is 0 Å². The summed E-state index contributed by atoms with van der Waals surface area (Å²) in [4.78, 5) is 9.04. The van der Waals surface area contributed by atoms with Crippen molar-refractivity contribution in [3.05, 3.63) is 6.07 Å². The van der Waals surface area contributed by atoms with Crippen molar-refractivity contribution in [3.8, 4) is 0 Å². The van der Waals surface area contributed by atoms with Crippen LogP contribution in [0.25, 0.3) is 0 Å². The van der Waals surface area contributed by atoms with Crippen LogP contribution < -0.4 is 10.6 Å². The van der Waals surface area contributed by atoms with E-state index in [2.05, 4.69) is 27.5 Å². The molecule has 2 N–H and O–H groups in total. The van der Waals surface area contributed by atoms with Crippen LogP contribution in [-0.2, 0) is 0 Å². The van der Waals surface area contributed by atoms with Crippen molar-refractivity contribution in [2.75, 3.05) is 23.4 Å². The van der Waals surface area contributed by atoms with Crippen molar-refractivity contribution in [3.63, 3.8) is 0 Å². The highest BCUT2D eigenvalue weighted by Crippen LogP contribution is 2.23. The van der Waals surface area contributed by atoms with Crippen molar-refractivity contribution >= 4 is 23.4 Å². The lowest BCUT2D eigenvalue weighted by Crippen LogP contribution is -2.23. The molecule has 0 atom stereocenters. The summed E-state index contributed by atoms with van der Waals surface area (Å²) in [5.74, 6) is 1.89. The zero-order valence-corrected chi connectivity index (χ0v) is 12.7. The molecule has 0 radical (unpaired) electrons. The van der Waals surface area contributed by atoms with E-state index in [0.717, 1.165) is 29.8 Å². The van der Waals surface area contributed by atoms with Gasteiger partial charge in [-0.1, -0.05) is 37.9 Å². The highest BCUT2D eigenvalue weighted by molar-refractivity contribution is 7.98. The Labute approximate surface area is 120 Å². The Bertz CT molecular complexity index is 391.